The van der Waals surface area contributed by atoms with Gasteiger partial charge in [0.2, 0.25) is 0 Å². The summed E-state index contributed by atoms with van der Waals surface area (Å²) in [5.74, 6) is 0.757. The Labute approximate surface area is 127 Å². The van der Waals surface area contributed by atoms with Crippen LogP contribution >= 0.6 is 12.2 Å². The molecule has 3 aromatic rings. The van der Waals surface area contributed by atoms with Crippen LogP contribution in [0, 0.1) is 4.77 Å². The second-order valence-corrected chi connectivity index (χ2v) is 5.08. The van der Waals surface area contributed by atoms with E-state index in [1.807, 2.05) is 36.4 Å². The van der Waals surface area contributed by atoms with Crippen LogP contribution in [0.3, 0.4) is 0 Å². The lowest BCUT2D eigenvalue weighted by molar-refractivity contribution is 0.0973. The van der Waals surface area contributed by atoms with Gasteiger partial charge in [0.15, 0.2) is 10.6 Å². The van der Waals surface area contributed by atoms with Gasteiger partial charge in [0.05, 0.1) is 24.7 Å². The number of hydrogen-bond acceptors (Lipinski definition) is 3. The molecule has 1 N–H and O–H groups in total. The number of nitrogens with one attached hydrogen (secondary N) is 1. The molecule has 21 heavy (non-hydrogen) atoms. The van der Waals surface area contributed by atoms with Crippen LogP contribution in [-0.2, 0) is 6.54 Å². The van der Waals surface area contributed by atoms with E-state index in [2.05, 4.69) is 4.98 Å². The molecule has 0 atom stereocenters. The number of nitrogens with zero attached hydrogens (tertiary/aromatic N) is 1. The van der Waals surface area contributed by atoms with Crippen LogP contribution in [0.1, 0.15) is 10.4 Å². The van der Waals surface area contributed by atoms with E-state index in [-0.39, 0.29) is 12.3 Å². The van der Waals surface area contributed by atoms with Gasteiger partial charge in [-0.2, -0.15) is 0 Å². The number of imidazole rings is 1. The summed E-state index contributed by atoms with van der Waals surface area (Å²) in [6.07, 6.45) is 0. The number of carbonyl (C=O) groups is 1. The molecule has 0 saturated carbocycles. The molecule has 0 aliphatic rings. The Morgan fingerprint density at radius 2 is 2.00 bits per heavy atom. The van der Waals surface area contributed by atoms with Gasteiger partial charge in [-0.15, -0.1) is 0 Å². The molecule has 0 aliphatic heterocycles. The second kappa shape index (κ2) is 5.54. The number of aromatic amines is 1. The average molecular weight is 298 g/mol. The molecule has 1 heterocycles. The fraction of sp³-hybridized carbons (Fsp3) is 0.125. The highest BCUT2D eigenvalue weighted by Gasteiger charge is 2.11. The number of hydrogen-bond donors (Lipinski definition) is 1. The molecule has 0 fully saturated rings. The van der Waals surface area contributed by atoms with Crippen molar-refractivity contribution in [2.75, 3.05) is 7.11 Å². The molecule has 0 bridgehead atoms. The Balaban J connectivity index is 2.02. The molecule has 5 heteroatoms. The summed E-state index contributed by atoms with van der Waals surface area (Å²) < 4.78 is 7.55. The molecular formula is C16H14N2O2S. The summed E-state index contributed by atoms with van der Waals surface area (Å²) in [5.41, 5.74) is 2.43. The highest BCUT2D eigenvalue weighted by molar-refractivity contribution is 7.71. The molecule has 1 aromatic heterocycles. The highest BCUT2D eigenvalue weighted by Crippen LogP contribution is 2.21. The van der Waals surface area contributed by atoms with Gasteiger partial charge >= 0.3 is 0 Å². The summed E-state index contributed by atoms with van der Waals surface area (Å²) in [5, 5.41) is 0. The normalized spacial score (nSPS) is 10.7. The van der Waals surface area contributed by atoms with Crippen molar-refractivity contribution in [3.05, 3.63) is 58.9 Å². The summed E-state index contributed by atoms with van der Waals surface area (Å²) in [7, 11) is 1.61. The molecule has 4 nitrogen and oxygen atoms in total. The van der Waals surface area contributed by atoms with Gasteiger partial charge in [0, 0.05) is 11.6 Å². The summed E-state index contributed by atoms with van der Waals surface area (Å²) in [6.45, 7) is 0.204. The first-order chi connectivity index (χ1) is 10.2. The van der Waals surface area contributed by atoms with Gasteiger partial charge in [-0.05, 0) is 24.4 Å². The third kappa shape index (κ3) is 2.60. The minimum atomic E-state index is 0.0235. The Bertz CT molecular complexity index is 850. The molecule has 0 radical (unpaired) electrons. The molecule has 0 amide bonds. The van der Waals surface area contributed by atoms with Crippen molar-refractivity contribution in [1.29, 1.82) is 0 Å². The Kier molecular flexibility index (Phi) is 3.58. The van der Waals surface area contributed by atoms with Crippen LogP contribution in [0.4, 0.5) is 0 Å². The zero-order chi connectivity index (χ0) is 14.8. The largest absolute Gasteiger partial charge is 0.497 e. The minimum Gasteiger partial charge on any atom is -0.497 e. The van der Waals surface area contributed by atoms with E-state index in [0.717, 1.165) is 16.8 Å². The first kappa shape index (κ1) is 13.6. The first-order valence-corrected chi connectivity index (χ1v) is 6.94. The highest BCUT2D eigenvalue weighted by atomic mass is 32.1. The SMILES string of the molecule is COc1ccc2[nH]c(=S)n(CC(=O)c3ccccc3)c2c1. The number of ether oxygens (including phenoxy) is 1. The van der Waals surface area contributed by atoms with E-state index in [9.17, 15) is 4.79 Å². The van der Waals surface area contributed by atoms with Gasteiger partial charge in [-0.1, -0.05) is 30.3 Å². The van der Waals surface area contributed by atoms with E-state index in [0.29, 0.717) is 10.3 Å². The van der Waals surface area contributed by atoms with Crippen LogP contribution in [0.2, 0.25) is 0 Å². The number of benzene rings is 2. The Morgan fingerprint density at radius 3 is 2.71 bits per heavy atom. The van der Waals surface area contributed by atoms with Crippen molar-refractivity contribution in [2.45, 2.75) is 6.54 Å². The average Bonchev–Trinajstić information content (AvgIpc) is 2.83. The minimum absolute atomic E-state index is 0.0235. The molecular weight excluding hydrogens is 284 g/mol. The molecule has 0 unspecified atom stereocenters. The fourth-order valence-electron chi connectivity index (χ4n) is 2.28. The van der Waals surface area contributed by atoms with Crippen molar-refractivity contribution in [3.8, 4) is 5.75 Å². The van der Waals surface area contributed by atoms with Crippen molar-refractivity contribution in [1.82, 2.24) is 9.55 Å². The number of ketones is 1. The predicted octanol–water partition coefficient (Wildman–Crippen LogP) is 3.59. The van der Waals surface area contributed by atoms with E-state index >= 15 is 0 Å². The number of aromatic nitrogens is 2. The maximum atomic E-state index is 12.4. The monoisotopic (exact) mass is 298 g/mol. The van der Waals surface area contributed by atoms with Crippen molar-refractivity contribution < 1.29 is 9.53 Å². The number of H-pyrrole nitrogens is 1. The van der Waals surface area contributed by atoms with E-state index in [4.69, 9.17) is 17.0 Å². The van der Waals surface area contributed by atoms with Gasteiger partial charge in [0.1, 0.15) is 5.75 Å². The zero-order valence-electron chi connectivity index (χ0n) is 11.5. The molecule has 3 rings (SSSR count). The van der Waals surface area contributed by atoms with Crippen LogP contribution in [0.5, 0.6) is 5.75 Å². The lowest BCUT2D eigenvalue weighted by Crippen LogP contribution is -2.10. The number of fused-ring (bicyclic) bond motifs is 1. The Hall–Kier alpha value is -2.40. The Morgan fingerprint density at radius 1 is 1.24 bits per heavy atom. The van der Waals surface area contributed by atoms with Crippen LogP contribution in [0.15, 0.2) is 48.5 Å². The van der Waals surface area contributed by atoms with Gasteiger partial charge in [-0.3, -0.25) is 4.79 Å². The van der Waals surface area contributed by atoms with Gasteiger partial charge < -0.3 is 14.3 Å². The van der Waals surface area contributed by atoms with Gasteiger partial charge in [-0.25, -0.2) is 0 Å². The summed E-state index contributed by atoms with van der Waals surface area (Å²) >= 11 is 5.32. The smallest absolute Gasteiger partial charge is 0.182 e. The van der Waals surface area contributed by atoms with E-state index < -0.39 is 0 Å². The maximum Gasteiger partial charge on any atom is 0.182 e. The molecule has 0 saturated heterocycles. The number of carbonyl (C=O) groups excluding carboxylic acids is 1. The standard InChI is InChI=1S/C16H14N2O2S/c1-20-12-7-8-13-14(9-12)18(16(21)17-13)10-15(19)11-5-3-2-4-6-11/h2-9H,10H2,1H3,(H,17,21). The third-order valence-electron chi connectivity index (χ3n) is 3.38. The van der Waals surface area contributed by atoms with E-state index in [1.54, 1.807) is 23.8 Å². The second-order valence-electron chi connectivity index (χ2n) is 4.69. The van der Waals surface area contributed by atoms with E-state index in [1.165, 1.54) is 0 Å². The van der Waals surface area contributed by atoms with Crippen molar-refractivity contribution in [3.63, 3.8) is 0 Å². The van der Waals surface area contributed by atoms with Crippen LogP contribution in [-0.4, -0.2) is 22.4 Å². The molecule has 0 aliphatic carbocycles. The fourth-order valence-corrected chi connectivity index (χ4v) is 2.55. The van der Waals surface area contributed by atoms with Gasteiger partial charge in [0.25, 0.3) is 0 Å². The third-order valence-corrected chi connectivity index (χ3v) is 3.70. The van der Waals surface area contributed by atoms with Crippen LogP contribution in [0.25, 0.3) is 11.0 Å². The lowest BCUT2D eigenvalue weighted by atomic mass is 10.1. The number of methoxy groups -OCH3 is 1. The van der Waals surface area contributed by atoms with Crippen LogP contribution < -0.4 is 4.74 Å². The molecule has 0 spiro atoms. The first-order valence-electron chi connectivity index (χ1n) is 6.54. The quantitative estimate of drug-likeness (QED) is 0.591. The van der Waals surface area contributed by atoms with Crippen molar-refractivity contribution in [2.24, 2.45) is 0 Å². The molecule has 106 valence electrons. The summed E-state index contributed by atoms with van der Waals surface area (Å²) in [6, 6.07) is 14.8. The zero-order valence-corrected chi connectivity index (χ0v) is 12.3. The van der Waals surface area contributed by atoms with Crippen molar-refractivity contribution >= 4 is 29.0 Å². The topological polar surface area (TPSA) is 47.0 Å². The summed E-state index contributed by atoms with van der Waals surface area (Å²) in [4.78, 5) is 15.5. The number of rotatable bonds is 4. The molecule has 2 aromatic carbocycles. The predicted molar refractivity (Wildman–Crippen MR) is 84.4 cm³/mol. The number of Topliss-reactive ketones (excluding diaryl/α,β-unsaturated/α-hetero) is 1. The maximum absolute atomic E-state index is 12.4. The lowest BCUT2D eigenvalue weighted by Gasteiger charge is -2.05.